The molecular formula is C22H20N4O6. The number of nitrogens with one attached hydrogen (secondary N) is 1. The van der Waals surface area contributed by atoms with E-state index < -0.39 is 23.3 Å². The number of rotatable bonds is 5. The first-order chi connectivity index (χ1) is 15.3. The molecule has 0 bridgehead atoms. The van der Waals surface area contributed by atoms with Crippen molar-refractivity contribution in [1.82, 2.24) is 15.1 Å². The van der Waals surface area contributed by atoms with Crippen molar-refractivity contribution in [3.05, 3.63) is 75.3 Å². The number of imide groups is 1. The van der Waals surface area contributed by atoms with Crippen LogP contribution in [0.15, 0.2) is 48.5 Å². The van der Waals surface area contributed by atoms with E-state index in [-0.39, 0.29) is 34.7 Å². The number of non-ortho nitro benzene ring substituents is 1. The molecular weight excluding hydrogens is 416 g/mol. The number of likely N-dealkylation sites (tertiary alicyclic amines) is 1. The number of nitro groups is 1. The lowest BCUT2D eigenvalue weighted by Gasteiger charge is -2.33. The van der Waals surface area contributed by atoms with Crippen LogP contribution < -0.4 is 5.32 Å². The summed E-state index contributed by atoms with van der Waals surface area (Å²) in [6.07, 6.45) is 1.11. The number of piperidine rings is 1. The summed E-state index contributed by atoms with van der Waals surface area (Å²) >= 11 is 0. The highest BCUT2D eigenvalue weighted by molar-refractivity contribution is 6.22. The number of fused-ring (bicyclic) bond motifs is 1. The van der Waals surface area contributed by atoms with E-state index in [1.807, 2.05) is 6.07 Å². The van der Waals surface area contributed by atoms with Crippen molar-refractivity contribution in [3.63, 3.8) is 0 Å². The highest BCUT2D eigenvalue weighted by atomic mass is 16.6. The van der Waals surface area contributed by atoms with Gasteiger partial charge in [-0.25, -0.2) is 0 Å². The van der Waals surface area contributed by atoms with Gasteiger partial charge in [0.05, 0.1) is 16.1 Å². The van der Waals surface area contributed by atoms with Crippen molar-refractivity contribution >= 4 is 29.3 Å². The molecule has 2 aromatic carbocycles. The van der Waals surface area contributed by atoms with E-state index in [1.54, 1.807) is 29.2 Å². The molecule has 164 valence electrons. The lowest BCUT2D eigenvalue weighted by Crippen LogP contribution is -2.49. The number of carbonyl (C=O) groups is 4. The minimum Gasteiger partial charge on any atom is -0.349 e. The minimum absolute atomic E-state index is 0.0516. The second-order valence-electron chi connectivity index (χ2n) is 7.68. The van der Waals surface area contributed by atoms with Gasteiger partial charge in [-0.2, -0.15) is 0 Å². The fourth-order valence-corrected chi connectivity index (χ4v) is 3.90. The van der Waals surface area contributed by atoms with Gasteiger partial charge in [-0.3, -0.25) is 34.2 Å². The average Bonchev–Trinajstić information content (AvgIpc) is 3.04. The molecule has 2 heterocycles. The van der Waals surface area contributed by atoms with E-state index in [9.17, 15) is 29.3 Å². The summed E-state index contributed by atoms with van der Waals surface area (Å²) in [5, 5.41) is 13.9. The van der Waals surface area contributed by atoms with E-state index in [1.165, 1.54) is 6.07 Å². The van der Waals surface area contributed by atoms with Crippen LogP contribution in [0.1, 0.15) is 43.9 Å². The van der Waals surface area contributed by atoms with Crippen molar-refractivity contribution in [3.8, 4) is 0 Å². The van der Waals surface area contributed by atoms with Crippen LogP contribution in [-0.4, -0.2) is 64.0 Å². The van der Waals surface area contributed by atoms with Gasteiger partial charge in [0.1, 0.15) is 6.54 Å². The van der Waals surface area contributed by atoms with Gasteiger partial charge in [0.25, 0.3) is 23.4 Å². The predicted molar refractivity (Wildman–Crippen MR) is 112 cm³/mol. The molecule has 0 atom stereocenters. The van der Waals surface area contributed by atoms with Crippen LogP contribution in [0.3, 0.4) is 0 Å². The number of hydrogen-bond donors (Lipinski definition) is 1. The van der Waals surface area contributed by atoms with E-state index >= 15 is 0 Å². The second kappa shape index (κ2) is 8.58. The van der Waals surface area contributed by atoms with Crippen molar-refractivity contribution in [2.24, 2.45) is 0 Å². The second-order valence-corrected chi connectivity index (χ2v) is 7.68. The Bertz CT molecular complexity index is 1110. The molecule has 2 aliphatic heterocycles. The lowest BCUT2D eigenvalue weighted by molar-refractivity contribution is -0.384. The molecule has 0 spiro atoms. The Balaban J connectivity index is 1.33. The first kappa shape index (κ1) is 21.2. The van der Waals surface area contributed by atoms with Crippen LogP contribution >= 0.6 is 0 Å². The molecule has 1 saturated heterocycles. The van der Waals surface area contributed by atoms with E-state index in [0.717, 1.165) is 17.0 Å². The summed E-state index contributed by atoms with van der Waals surface area (Å²) in [4.78, 5) is 62.8. The third-order valence-corrected chi connectivity index (χ3v) is 5.68. The summed E-state index contributed by atoms with van der Waals surface area (Å²) < 4.78 is 0. The molecule has 2 aromatic rings. The topological polar surface area (TPSA) is 130 Å². The summed E-state index contributed by atoms with van der Waals surface area (Å²) in [5.41, 5.74) is 0.254. The SMILES string of the molecule is O=C(NC1CCN(C(=O)CN2C(=O)c3ccc([N+](=O)[O-])cc3C2=O)CC1)c1ccccc1. The van der Waals surface area contributed by atoms with Crippen molar-refractivity contribution in [1.29, 1.82) is 0 Å². The average molecular weight is 436 g/mol. The van der Waals surface area contributed by atoms with Crippen molar-refractivity contribution in [2.75, 3.05) is 19.6 Å². The molecule has 32 heavy (non-hydrogen) atoms. The molecule has 10 nitrogen and oxygen atoms in total. The Morgan fingerprint density at radius 1 is 1.00 bits per heavy atom. The zero-order chi connectivity index (χ0) is 22.8. The van der Waals surface area contributed by atoms with Gasteiger partial charge >= 0.3 is 0 Å². The monoisotopic (exact) mass is 436 g/mol. The number of hydrogen-bond acceptors (Lipinski definition) is 6. The van der Waals surface area contributed by atoms with E-state index in [0.29, 0.717) is 31.5 Å². The maximum absolute atomic E-state index is 12.7. The Hall–Kier alpha value is -4.08. The summed E-state index contributed by atoms with van der Waals surface area (Å²) in [6.45, 7) is 0.335. The summed E-state index contributed by atoms with van der Waals surface area (Å²) in [6, 6.07) is 12.2. The van der Waals surface area contributed by atoms with E-state index in [4.69, 9.17) is 0 Å². The quantitative estimate of drug-likeness (QED) is 0.431. The molecule has 0 aliphatic carbocycles. The van der Waals surface area contributed by atoms with Gasteiger partial charge in [-0.15, -0.1) is 0 Å². The Labute approximate surface area is 182 Å². The predicted octanol–water partition coefficient (Wildman–Crippen LogP) is 1.61. The molecule has 1 N–H and O–H groups in total. The van der Waals surface area contributed by atoms with Crippen LogP contribution in [0.2, 0.25) is 0 Å². The largest absolute Gasteiger partial charge is 0.349 e. The molecule has 1 fully saturated rings. The van der Waals surface area contributed by atoms with Crippen molar-refractivity contribution in [2.45, 2.75) is 18.9 Å². The zero-order valence-electron chi connectivity index (χ0n) is 17.0. The third-order valence-electron chi connectivity index (χ3n) is 5.68. The number of nitrogens with zero attached hydrogens (tertiary/aromatic N) is 3. The highest BCUT2D eigenvalue weighted by Crippen LogP contribution is 2.27. The first-order valence-corrected chi connectivity index (χ1v) is 10.1. The number of nitro benzene ring substituents is 1. The zero-order valence-corrected chi connectivity index (χ0v) is 17.0. The lowest BCUT2D eigenvalue weighted by atomic mass is 10.0. The number of carbonyl (C=O) groups excluding carboxylic acids is 4. The summed E-state index contributed by atoms with van der Waals surface area (Å²) in [5.74, 6) is -1.91. The Morgan fingerprint density at radius 3 is 2.31 bits per heavy atom. The number of benzene rings is 2. The highest BCUT2D eigenvalue weighted by Gasteiger charge is 2.39. The van der Waals surface area contributed by atoms with Crippen LogP contribution in [-0.2, 0) is 4.79 Å². The van der Waals surface area contributed by atoms with Crippen LogP contribution in [0.4, 0.5) is 5.69 Å². The van der Waals surface area contributed by atoms with E-state index in [2.05, 4.69) is 5.32 Å². The Kier molecular flexibility index (Phi) is 5.67. The minimum atomic E-state index is -0.716. The van der Waals surface area contributed by atoms with Gasteiger partial charge in [0.2, 0.25) is 5.91 Å². The molecule has 0 unspecified atom stereocenters. The fourth-order valence-electron chi connectivity index (χ4n) is 3.90. The Morgan fingerprint density at radius 2 is 1.66 bits per heavy atom. The smallest absolute Gasteiger partial charge is 0.270 e. The van der Waals surface area contributed by atoms with Crippen LogP contribution in [0, 0.1) is 10.1 Å². The molecule has 0 aromatic heterocycles. The molecule has 0 radical (unpaired) electrons. The summed E-state index contributed by atoms with van der Waals surface area (Å²) in [7, 11) is 0. The molecule has 4 rings (SSSR count). The standard InChI is InChI=1S/C22H20N4O6/c27-19(13-25-21(29)17-7-6-16(26(31)32)12-18(17)22(25)30)24-10-8-15(9-11-24)23-20(28)14-4-2-1-3-5-14/h1-7,12,15H,8-11,13H2,(H,23,28). The molecule has 0 saturated carbocycles. The van der Waals surface area contributed by atoms with Crippen LogP contribution in [0.25, 0.3) is 0 Å². The fraction of sp³-hybridized carbons (Fsp3) is 0.273. The van der Waals surface area contributed by atoms with Gasteiger partial charge < -0.3 is 10.2 Å². The first-order valence-electron chi connectivity index (χ1n) is 10.1. The third kappa shape index (κ3) is 4.07. The van der Waals surface area contributed by atoms with Crippen LogP contribution in [0.5, 0.6) is 0 Å². The maximum Gasteiger partial charge on any atom is 0.270 e. The molecule has 4 amide bonds. The maximum atomic E-state index is 12.7. The number of amides is 4. The molecule has 2 aliphatic rings. The molecule has 10 heteroatoms. The van der Waals surface area contributed by atoms with Gasteiger partial charge in [-0.05, 0) is 31.0 Å². The van der Waals surface area contributed by atoms with Gasteiger partial charge in [0, 0.05) is 36.8 Å². The van der Waals surface area contributed by atoms with Gasteiger partial charge in [0.15, 0.2) is 0 Å². The van der Waals surface area contributed by atoms with Gasteiger partial charge in [-0.1, -0.05) is 18.2 Å². The normalized spacial score (nSPS) is 16.1. The van der Waals surface area contributed by atoms with Crippen molar-refractivity contribution < 1.29 is 24.1 Å².